The molecule has 2 aromatic rings. The maximum Gasteiger partial charge on any atom is 0.507 e. The van der Waals surface area contributed by atoms with E-state index in [1.807, 2.05) is 0 Å². The van der Waals surface area contributed by atoms with Gasteiger partial charge in [-0.05, 0) is 30.7 Å². The molecular weight excluding hydrogens is 320 g/mol. The van der Waals surface area contributed by atoms with Crippen LogP contribution in [0.15, 0.2) is 29.5 Å². The van der Waals surface area contributed by atoms with Crippen LogP contribution in [-0.4, -0.2) is 28.1 Å². The summed E-state index contributed by atoms with van der Waals surface area (Å²) in [7, 11) is 0. The Hall–Kier alpha value is -2.78. The number of hydrogen-bond acceptors (Lipinski definition) is 5. The van der Waals surface area contributed by atoms with Gasteiger partial charge in [0.05, 0.1) is 18.1 Å². The standard InChI is InChI=1S/C13H10F4N4O2/c1-7-6-21(11(18)20-7)19-5-8-2-3-9-10(4-8)23-13(16,17)12(14,15)22-9/h2-6H,1H3,(H2,18,20). The number of hydrogen-bond donors (Lipinski definition) is 1. The lowest BCUT2D eigenvalue weighted by molar-refractivity contribution is -0.391. The average molecular weight is 330 g/mol. The van der Waals surface area contributed by atoms with Crippen molar-refractivity contribution in [3.63, 3.8) is 0 Å². The summed E-state index contributed by atoms with van der Waals surface area (Å²) >= 11 is 0. The van der Waals surface area contributed by atoms with Gasteiger partial charge in [0.1, 0.15) is 0 Å². The Balaban J connectivity index is 1.89. The van der Waals surface area contributed by atoms with Crippen LogP contribution in [0.5, 0.6) is 11.5 Å². The molecule has 0 saturated carbocycles. The van der Waals surface area contributed by atoms with Crippen LogP contribution in [-0.2, 0) is 0 Å². The van der Waals surface area contributed by atoms with Crippen molar-refractivity contribution in [1.29, 1.82) is 0 Å². The number of fused-ring (bicyclic) bond motifs is 1. The van der Waals surface area contributed by atoms with E-state index in [-0.39, 0.29) is 5.95 Å². The number of aryl methyl sites for hydroxylation is 1. The first-order chi connectivity index (χ1) is 10.7. The third-order valence-corrected chi connectivity index (χ3v) is 2.95. The Morgan fingerprint density at radius 2 is 1.83 bits per heavy atom. The molecule has 1 aromatic carbocycles. The summed E-state index contributed by atoms with van der Waals surface area (Å²) in [5.74, 6) is -0.863. The van der Waals surface area contributed by atoms with E-state index >= 15 is 0 Å². The predicted molar refractivity (Wildman–Crippen MR) is 72.0 cm³/mol. The smallest absolute Gasteiger partial charge is 0.421 e. The molecule has 0 fully saturated rings. The lowest BCUT2D eigenvalue weighted by Crippen LogP contribution is -2.52. The van der Waals surface area contributed by atoms with Gasteiger partial charge in [0.25, 0.3) is 0 Å². The van der Waals surface area contributed by atoms with E-state index in [4.69, 9.17) is 5.73 Å². The number of nitrogen functional groups attached to an aromatic ring is 1. The maximum atomic E-state index is 13.1. The highest BCUT2D eigenvalue weighted by Crippen LogP contribution is 2.46. The van der Waals surface area contributed by atoms with Crippen LogP contribution in [0, 0.1) is 6.92 Å². The van der Waals surface area contributed by atoms with Gasteiger partial charge in [-0.15, -0.1) is 0 Å². The van der Waals surface area contributed by atoms with Crippen LogP contribution in [0.4, 0.5) is 23.5 Å². The zero-order valence-electron chi connectivity index (χ0n) is 11.6. The first-order valence-electron chi connectivity index (χ1n) is 6.31. The van der Waals surface area contributed by atoms with Gasteiger partial charge in [-0.3, -0.25) is 0 Å². The van der Waals surface area contributed by atoms with Crippen molar-refractivity contribution in [1.82, 2.24) is 9.66 Å². The summed E-state index contributed by atoms with van der Waals surface area (Å²) in [5.41, 5.74) is 6.55. The molecule has 0 amide bonds. The number of rotatable bonds is 2. The van der Waals surface area contributed by atoms with Crippen molar-refractivity contribution in [2.24, 2.45) is 5.10 Å². The lowest BCUT2D eigenvalue weighted by atomic mass is 10.2. The van der Waals surface area contributed by atoms with Crippen LogP contribution in [0.2, 0.25) is 0 Å². The van der Waals surface area contributed by atoms with Crippen LogP contribution in [0.25, 0.3) is 0 Å². The summed E-state index contributed by atoms with van der Waals surface area (Å²) in [6.45, 7) is 1.72. The van der Waals surface area contributed by atoms with Crippen molar-refractivity contribution in [2.75, 3.05) is 5.73 Å². The SMILES string of the molecule is Cc1cn(N=Cc2ccc3c(c2)OC(F)(F)C(F)(F)O3)c(N)n1. The van der Waals surface area contributed by atoms with Crippen LogP contribution >= 0.6 is 0 Å². The molecule has 122 valence electrons. The molecule has 0 saturated heterocycles. The van der Waals surface area contributed by atoms with E-state index in [0.717, 1.165) is 12.1 Å². The minimum atomic E-state index is -4.76. The molecule has 0 bridgehead atoms. The fourth-order valence-electron chi connectivity index (χ4n) is 1.89. The van der Waals surface area contributed by atoms with Crippen LogP contribution in [0.1, 0.15) is 11.3 Å². The molecule has 23 heavy (non-hydrogen) atoms. The summed E-state index contributed by atoms with van der Waals surface area (Å²) in [6.07, 6.45) is -6.66. The normalized spacial score (nSPS) is 18.3. The molecule has 2 N–H and O–H groups in total. The average Bonchev–Trinajstić information content (AvgIpc) is 2.75. The van der Waals surface area contributed by atoms with E-state index in [1.54, 1.807) is 13.1 Å². The van der Waals surface area contributed by atoms with Crippen molar-refractivity contribution in [2.45, 2.75) is 19.1 Å². The number of ether oxygens (including phenoxy) is 2. The molecule has 0 radical (unpaired) electrons. The Morgan fingerprint density at radius 1 is 1.17 bits per heavy atom. The van der Waals surface area contributed by atoms with Gasteiger partial charge in [0.15, 0.2) is 11.5 Å². The molecule has 6 nitrogen and oxygen atoms in total. The Labute approximate surface area is 127 Å². The molecular formula is C13H10F4N4O2. The number of alkyl halides is 4. The monoisotopic (exact) mass is 330 g/mol. The molecule has 2 heterocycles. The summed E-state index contributed by atoms with van der Waals surface area (Å²) in [5, 5.41) is 3.98. The quantitative estimate of drug-likeness (QED) is 0.678. The van der Waals surface area contributed by atoms with Crippen LogP contribution < -0.4 is 15.2 Å². The van der Waals surface area contributed by atoms with Gasteiger partial charge in [-0.1, -0.05) is 0 Å². The summed E-state index contributed by atoms with van der Waals surface area (Å²) in [6, 6.07) is 3.54. The molecule has 10 heteroatoms. The van der Waals surface area contributed by atoms with Crippen molar-refractivity contribution < 1.29 is 27.0 Å². The Bertz CT molecular complexity index is 788. The number of nitrogens with two attached hydrogens (primary N) is 1. The van der Waals surface area contributed by atoms with Crippen LogP contribution in [0.3, 0.4) is 0 Å². The van der Waals surface area contributed by atoms with Gasteiger partial charge in [0, 0.05) is 0 Å². The lowest BCUT2D eigenvalue weighted by Gasteiger charge is -2.31. The first kappa shape index (κ1) is 15.1. The number of halogens is 4. The molecule has 0 aliphatic carbocycles. The zero-order chi connectivity index (χ0) is 16.8. The predicted octanol–water partition coefficient (Wildman–Crippen LogP) is 2.61. The van der Waals surface area contributed by atoms with E-state index in [9.17, 15) is 17.6 Å². The number of benzene rings is 1. The van der Waals surface area contributed by atoms with Crippen molar-refractivity contribution in [3.8, 4) is 11.5 Å². The zero-order valence-corrected chi connectivity index (χ0v) is 11.6. The summed E-state index contributed by atoms with van der Waals surface area (Å²) < 4.78 is 61.6. The number of nitrogens with zero attached hydrogens (tertiary/aromatic N) is 3. The van der Waals surface area contributed by atoms with Crippen molar-refractivity contribution >= 4 is 12.2 Å². The van der Waals surface area contributed by atoms with Gasteiger partial charge in [0.2, 0.25) is 5.95 Å². The topological polar surface area (TPSA) is 74.7 Å². The molecule has 0 spiro atoms. The minimum absolute atomic E-state index is 0.141. The van der Waals surface area contributed by atoms with Gasteiger partial charge in [-0.25, -0.2) is 9.66 Å². The summed E-state index contributed by atoms with van der Waals surface area (Å²) in [4.78, 5) is 3.93. The molecule has 1 aliphatic rings. The highest BCUT2D eigenvalue weighted by molar-refractivity contribution is 5.81. The van der Waals surface area contributed by atoms with Gasteiger partial charge in [-0.2, -0.15) is 22.7 Å². The number of aromatic nitrogens is 2. The molecule has 1 aromatic heterocycles. The van der Waals surface area contributed by atoms with Gasteiger partial charge >= 0.3 is 12.2 Å². The molecule has 0 unspecified atom stereocenters. The molecule has 1 aliphatic heterocycles. The Morgan fingerprint density at radius 3 is 2.43 bits per heavy atom. The van der Waals surface area contributed by atoms with E-state index < -0.39 is 23.7 Å². The Kier molecular flexibility index (Phi) is 3.20. The third kappa shape index (κ3) is 2.67. The fraction of sp³-hybridized carbons (Fsp3) is 0.231. The van der Waals surface area contributed by atoms with E-state index in [2.05, 4.69) is 19.6 Å². The van der Waals surface area contributed by atoms with Gasteiger partial charge < -0.3 is 15.2 Å². The number of anilines is 1. The highest BCUT2D eigenvalue weighted by Gasteiger charge is 2.65. The molecule has 3 rings (SSSR count). The van der Waals surface area contributed by atoms with E-state index in [0.29, 0.717) is 11.3 Å². The largest absolute Gasteiger partial charge is 0.507 e. The second-order valence-electron chi connectivity index (χ2n) is 4.77. The van der Waals surface area contributed by atoms with Crippen molar-refractivity contribution in [3.05, 3.63) is 35.7 Å². The third-order valence-electron chi connectivity index (χ3n) is 2.95. The second-order valence-corrected chi connectivity index (χ2v) is 4.77. The molecule has 0 atom stereocenters. The minimum Gasteiger partial charge on any atom is -0.421 e. The maximum absolute atomic E-state index is 13.1. The first-order valence-corrected chi connectivity index (χ1v) is 6.31. The van der Waals surface area contributed by atoms with E-state index in [1.165, 1.54) is 17.0 Å². The highest BCUT2D eigenvalue weighted by atomic mass is 19.3. The number of imidazole rings is 1. The second kappa shape index (κ2) is 4.86. The fourth-order valence-corrected chi connectivity index (χ4v) is 1.89.